The lowest BCUT2D eigenvalue weighted by Gasteiger charge is -2.24. The molecule has 0 radical (unpaired) electrons. The number of hydrogen-bond donors (Lipinski definition) is 0. The number of non-ortho nitro benzene ring substituents is 1. The third-order valence-electron chi connectivity index (χ3n) is 3.25. The van der Waals surface area contributed by atoms with Crippen molar-refractivity contribution in [3.8, 4) is 0 Å². The van der Waals surface area contributed by atoms with Crippen molar-refractivity contribution in [3.63, 3.8) is 0 Å². The van der Waals surface area contributed by atoms with Crippen molar-refractivity contribution in [2.24, 2.45) is 5.92 Å². The van der Waals surface area contributed by atoms with Crippen molar-refractivity contribution < 1.29 is 13.3 Å². The van der Waals surface area contributed by atoms with Crippen LogP contribution in [0.2, 0.25) is 0 Å². The molecule has 0 aliphatic carbocycles. The molecule has 1 unspecified atom stereocenters. The normalized spacial score (nSPS) is 13.0. The summed E-state index contributed by atoms with van der Waals surface area (Å²) in [6, 6.07) is 3.95. The second-order valence-corrected chi connectivity index (χ2v) is 7.06. The van der Waals surface area contributed by atoms with Crippen LogP contribution >= 0.6 is 0 Å². The minimum absolute atomic E-state index is 0.00231. The Morgan fingerprint density at radius 2 is 2.00 bits per heavy atom. The van der Waals surface area contributed by atoms with E-state index in [2.05, 4.69) is 13.8 Å². The molecule has 112 valence electrons. The minimum atomic E-state index is -3.52. The van der Waals surface area contributed by atoms with Gasteiger partial charge in [-0.25, -0.2) is 8.42 Å². The van der Waals surface area contributed by atoms with E-state index in [1.54, 1.807) is 7.05 Å². The predicted octanol–water partition coefficient (Wildman–Crippen LogP) is 2.48. The summed E-state index contributed by atoms with van der Waals surface area (Å²) in [4.78, 5) is 12.0. The summed E-state index contributed by atoms with van der Waals surface area (Å²) in [5, 5.41) is 10.8. The standard InChI is InChI=1S/C13H20N2O4S/c1-5-10(2)9-14(3)12-7-6-11(15(16)17)8-13(12)20(4,18)19/h6-8,10H,5,9H2,1-4H3. The minimum Gasteiger partial charge on any atom is -0.373 e. The highest BCUT2D eigenvalue weighted by Gasteiger charge is 2.21. The topological polar surface area (TPSA) is 80.5 Å². The van der Waals surface area contributed by atoms with Gasteiger partial charge in [0.1, 0.15) is 0 Å². The lowest BCUT2D eigenvalue weighted by atomic mass is 10.1. The first kappa shape index (κ1) is 16.4. The smallest absolute Gasteiger partial charge is 0.270 e. The fourth-order valence-corrected chi connectivity index (χ4v) is 2.86. The summed E-state index contributed by atoms with van der Waals surface area (Å²) in [6.45, 7) is 4.82. The first-order valence-electron chi connectivity index (χ1n) is 6.36. The van der Waals surface area contributed by atoms with E-state index in [0.717, 1.165) is 18.7 Å². The molecule has 1 aromatic rings. The van der Waals surface area contributed by atoms with Gasteiger partial charge in [0.05, 0.1) is 15.5 Å². The van der Waals surface area contributed by atoms with Crippen molar-refractivity contribution in [2.45, 2.75) is 25.2 Å². The highest BCUT2D eigenvalue weighted by Crippen LogP contribution is 2.29. The lowest BCUT2D eigenvalue weighted by Crippen LogP contribution is -2.25. The summed E-state index contributed by atoms with van der Waals surface area (Å²) < 4.78 is 23.7. The molecule has 1 aromatic carbocycles. The van der Waals surface area contributed by atoms with Crippen molar-refractivity contribution in [2.75, 3.05) is 24.7 Å². The Balaban J connectivity index is 3.29. The fourth-order valence-electron chi connectivity index (χ4n) is 1.92. The van der Waals surface area contributed by atoms with Crippen LogP contribution in [-0.2, 0) is 9.84 Å². The van der Waals surface area contributed by atoms with Gasteiger partial charge in [-0.3, -0.25) is 10.1 Å². The van der Waals surface area contributed by atoms with Crippen LogP contribution in [0.1, 0.15) is 20.3 Å². The second-order valence-electron chi connectivity index (χ2n) is 5.08. The van der Waals surface area contributed by atoms with Crippen LogP contribution in [-0.4, -0.2) is 33.2 Å². The average Bonchev–Trinajstić information content (AvgIpc) is 2.36. The van der Waals surface area contributed by atoms with Gasteiger partial charge < -0.3 is 4.90 Å². The molecule has 0 N–H and O–H groups in total. The number of nitro benzene ring substituents is 1. The van der Waals surface area contributed by atoms with Crippen molar-refractivity contribution in [1.82, 2.24) is 0 Å². The molecular formula is C13H20N2O4S. The maximum absolute atomic E-state index is 11.8. The van der Waals surface area contributed by atoms with Gasteiger partial charge in [0.25, 0.3) is 5.69 Å². The van der Waals surface area contributed by atoms with E-state index < -0.39 is 14.8 Å². The Morgan fingerprint density at radius 1 is 1.40 bits per heavy atom. The van der Waals surface area contributed by atoms with Gasteiger partial charge in [-0.05, 0) is 12.0 Å². The average molecular weight is 300 g/mol. The maximum Gasteiger partial charge on any atom is 0.270 e. The molecule has 0 saturated carbocycles. The summed E-state index contributed by atoms with van der Waals surface area (Å²) in [5.41, 5.74) is 0.282. The number of hydrogen-bond acceptors (Lipinski definition) is 5. The van der Waals surface area contributed by atoms with E-state index in [1.807, 2.05) is 4.90 Å². The zero-order valence-electron chi connectivity index (χ0n) is 12.2. The molecule has 0 fully saturated rings. The Labute approximate surface area is 119 Å². The monoisotopic (exact) mass is 300 g/mol. The molecule has 20 heavy (non-hydrogen) atoms. The SMILES string of the molecule is CCC(C)CN(C)c1ccc([N+](=O)[O-])cc1S(C)(=O)=O. The van der Waals surface area contributed by atoms with Crippen LogP contribution in [0, 0.1) is 16.0 Å². The third-order valence-corrected chi connectivity index (χ3v) is 4.37. The number of sulfone groups is 1. The van der Waals surface area contributed by atoms with Gasteiger partial charge in [0, 0.05) is 32.0 Å². The maximum atomic E-state index is 11.8. The largest absolute Gasteiger partial charge is 0.373 e. The third kappa shape index (κ3) is 3.93. The molecule has 0 saturated heterocycles. The van der Waals surface area contributed by atoms with Crippen LogP contribution in [0.15, 0.2) is 23.1 Å². The number of benzene rings is 1. The zero-order chi connectivity index (χ0) is 15.5. The van der Waals surface area contributed by atoms with Crippen molar-refractivity contribution >= 4 is 21.2 Å². The number of nitrogens with zero attached hydrogens (tertiary/aromatic N) is 2. The number of rotatable bonds is 6. The summed E-state index contributed by atoms with van der Waals surface area (Å²) >= 11 is 0. The molecule has 1 atom stereocenters. The molecule has 7 heteroatoms. The number of anilines is 1. The molecule has 0 aromatic heterocycles. The molecule has 0 bridgehead atoms. The van der Waals surface area contributed by atoms with Crippen LogP contribution in [0.4, 0.5) is 11.4 Å². The number of nitro groups is 1. The predicted molar refractivity (Wildman–Crippen MR) is 78.9 cm³/mol. The molecule has 0 heterocycles. The van der Waals surface area contributed by atoms with Gasteiger partial charge in [0.15, 0.2) is 9.84 Å². The zero-order valence-corrected chi connectivity index (χ0v) is 13.0. The van der Waals surface area contributed by atoms with Gasteiger partial charge in [-0.1, -0.05) is 20.3 Å². The van der Waals surface area contributed by atoms with Gasteiger partial charge in [0.2, 0.25) is 0 Å². The summed E-state index contributed by atoms with van der Waals surface area (Å²) in [5.74, 6) is 0.405. The first-order chi connectivity index (χ1) is 9.16. The van der Waals surface area contributed by atoms with Crippen LogP contribution in [0.3, 0.4) is 0 Å². The Bertz CT molecular complexity index is 598. The van der Waals surface area contributed by atoms with E-state index in [4.69, 9.17) is 0 Å². The summed E-state index contributed by atoms with van der Waals surface area (Å²) in [7, 11) is -1.73. The molecule has 0 aliphatic heterocycles. The van der Waals surface area contributed by atoms with E-state index in [9.17, 15) is 18.5 Å². The first-order valence-corrected chi connectivity index (χ1v) is 8.25. The van der Waals surface area contributed by atoms with Crippen molar-refractivity contribution in [1.29, 1.82) is 0 Å². The Hall–Kier alpha value is -1.63. The second kappa shape index (κ2) is 6.21. The molecule has 0 amide bonds. The Morgan fingerprint density at radius 3 is 2.45 bits per heavy atom. The molecule has 1 rings (SSSR count). The van der Waals surface area contributed by atoms with E-state index in [1.165, 1.54) is 12.1 Å². The Kier molecular flexibility index (Phi) is 5.10. The molecular weight excluding hydrogens is 280 g/mol. The van der Waals surface area contributed by atoms with Gasteiger partial charge in [-0.15, -0.1) is 0 Å². The van der Waals surface area contributed by atoms with E-state index in [-0.39, 0.29) is 10.6 Å². The van der Waals surface area contributed by atoms with Crippen LogP contribution in [0.25, 0.3) is 0 Å². The van der Waals surface area contributed by atoms with Crippen LogP contribution in [0.5, 0.6) is 0 Å². The molecule has 0 aliphatic rings. The van der Waals surface area contributed by atoms with Gasteiger partial charge >= 0.3 is 0 Å². The van der Waals surface area contributed by atoms with E-state index in [0.29, 0.717) is 18.2 Å². The van der Waals surface area contributed by atoms with Crippen molar-refractivity contribution in [3.05, 3.63) is 28.3 Å². The van der Waals surface area contributed by atoms with E-state index >= 15 is 0 Å². The highest BCUT2D eigenvalue weighted by molar-refractivity contribution is 7.90. The fraction of sp³-hybridized carbons (Fsp3) is 0.538. The quantitative estimate of drug-likeness (QED) is 0.595. The van der Waals surface area contributed by atoms with Gasteiger partial charge in [-0.2, -0.15) is 0 Å². The molecule has 0 spiro atoms. The molecule has 6 nitrogen and oxygen atoms in total. The summed E-state index contributed by atoms with van der Waals surface area (Å²) in [6.07, 6.45) is 2.04. The highest BCUT2D eigenvalue weighted by atomic mass is 32.2. The van der Waals surface area contributed by atoms with Crippen LogP contribution < -0.4 is 4.90 Å². The lowest BCUT2D eigenvalue weighted by molar-refractivity contribution is -0.385.